The number of hydrogen-bond acceptors (Lipinski definition) is 3. The number of nitrogens with one attached hydrogen (secondary N) is 1. The van der Waals surface area contributed by atoms with Crippen molar-refractivity contribution in [2.75, 3.05) is 11.4 Å². The third-order valence-electron chi connectivity index (χ3n) is 6.22. The predicted octanol–water partition coefficient (Wildman–Crippen LogP) is 5.83. The molecule has 6 nitrogen and oxygen atoms in total. The summed E-state index contributed by atoms with van der Waals surface area (Å²) < 4.78 is 0. The van der Waals surface area contributed by atoms with E-state index in [0.717, 1.165) is 10.8 Å². The van der Waals surface area contributed by atoms with Gasteiger partial charge in [0.1, 0.15) is 12.6 Å². The Bertz CT molecular complexity index is 1320. The van der Waals surface area contributed by atoms with Gasteiger partial charge in [0.2, 0.25) is 11.8 Å². The number of carbonyl (C=O) groups is 3. The van der Waals surface area contributed by atoms with Gasteiger partial charge in [0.15, 0.2) is 0 Å². The van der Waals surface area contributed by atoms with E-state index in [9.17, 15) is 14.4 Å². The number of carbonyl (C=O) groups excluding carboxylic acids is 3. The Morgan fingerprint density at radius 3 is 2.22 bits per heavy atom. The third-order valence-corrected chi connectivity index (χ3v) is 6.92. The van der Waals surface area contributed by atoms with Gasteiger partial charge in [-0.2, -0.15) is 0 Å². The average Bonchev–Trinajstić information content (AvgIpc) is 3.07. The topological polar surface area (TPSA) is 69.7 Å². The Morgan fingerprint density at radius 1 is 1.00 bits per heavy atom. The molecule has 0 unspecified atom stereocenters. The van der Waals surface area contributed by atoms with Gasteiger partial charge >= 0.3 is 0 Å². The van der Waals surface area contributed by atoms with E-state index < -0.39 is 11.6 Å². The molecule has 0 aromatic heterocycles. The van der Waals surface area contributed by atoms with Crippen molar-refractivity contribution in [3.63, 3.8) is 0 Å². The van der Waals surface area contributed by atoms with Crippen LogP contribution in [-0.2, 0) is 16.1 Å². The molecule has 0 fully saturated rings. The minimum Gasteiger partial charge on any atom is -0.350 e. The quantitative estimate of drug-likeness (QED) is 0.421. The van der Waals surface area contributed by atoms with Gasteiger partial charge in [-0.15, -0.1) is 0 Å². The number of rotatable bonds is 7. The zero-order valence-corrected chi connectivity index (χ0v) is 22.3. The molecule has 1 N–H and O–H groups in total. The van der Waals surface area contributed by atoms with Crippen molar-refractivity contribution < 1.29 is 14.4 Å². The van der Waals surface area contributed by atoms with Crippen LogP contribution < -0.4 is 10.2 Å². The number of amides is 3. The van der Waals surface area contributed by atoms with Gasteiger partial charge in [-0.1, -0.05) is 60.5 Å². The van der Waals surface area contributed by atoms with Crippen molar-refractivity contribution in [1.82, 2.24) is 10.2 Å². The molecule has 3 aromatic rings. The molecule has 1 aliphatic rings. The first-order chi connectivity index (χ1) is 17.0. The Hall–Kier alpha value is -3.09. The molecule has 36 heavy (non-hydrogen) atoms. The van der Waals surface area contributed by atoms with Gasteiger partial charge in [0.25, 0.3) is 5.91 Å². The summed E-state index contributed by atoms with van der Waals surface area (Å²) >= 11 is 12.9. The van der Waals surface area contributed by atoms with Crippen LogP contribution in [0.25, 0.3) is 10.8 Å². The summed E-state index contributed by atoms with van der Waals surface area (Å²) in [6, 6.07) is 15.5. The Labute approximate surface area is 221 Å². The van der Waals surface area contributed by atoms with Gasteiger partial charge in [-0.3, -0.25) is 19.3 Å². The average molecular weight is 526 g/mol. The Morgan fingerprint density at radius 2 is 1.61 bits per heavy atom. The van der Waals surface area contributed by atoms with Crippen LogP contribution in [0.2, 0.25) is 10.0 Å². The molecular formula is C28H29Cl2N3O3. The third kappa shape index (κ3) is 5.06. The predicted molar refractivity (Wildman–Crippen MR) is 145 cm³/mol. The zero-order chi connectivity index (χ0) is 26.2. The molecule has 8 heteroatoms. The normalized spacial score (nSPS) is 13.7. The Kier molecular flexibility index (Phi) is 7.30. The highest BCUT2D eigenvalue weighted by molar-refractivity contribution is 6.36. The fourth-order valence-electron chi connectivity index (χ4n) is 4.59. The maximum Gasteiger partial charge on any atom is 0.259 e. The van der Waals surface area contributed by atoms with Crippen molar-refractivity contribution in [3.8, 4) is 0 Å². The summed E-state index contributed by atoms with van der Waals surface area (Å²) in [4.78, 5) is 43.4. The highest BCUT2D eigenvalue weighted by Gasteiger charge is 2.36. The van der Waals surface area contributed by atoms with Crippen LogP contribution in [0.5, 0.6) is 0 Å². The molecule has 1 atom stereocenters. The fraction of sp³-hybridized carbons (Fsp3) is 0.321. The second kappa shape index (κ2) is 10.1. The standard InChI is InChI=1S/C28H29Cl2N3O3/c1-5-22(26(35)31-28(2,3)4)32(15-19-20(29)12-8-13-21(19)30)24(34)16-33-23-14-7-10-17-9-6-11-18(25(17)23)27(33)36/h6-14,22H,5,15-16H2,1-4H3,(H,31,35)/t22-/m0/s1. The van der Waals surface area contributed by atoms with E-state index >= 15 is 0 Å². The van der Waals surface area contributed by atoms with E-state index in [-0.39, 0.29) is 30.8 Å². The molecule has 188 valence electrons. The van der Waals surface area contributed by atoms with Gasteiger partial charge < -0.3 is 10.2 Å². The minimum atomic E-state index is -0.778. The summed E-state index contributed by atoms with van der Waals surface area (Å²) in [6.07, 6.45) is 0.374. The molecule has 3 amide bonds. The van der Waals surface area contributed by atoms with E-state index in [2.05, 4.69) is 5.32 Å². The summed E-state index contributed by atoms with van der Waals surface area (Å²) in [5.74, 6) is -0.891. The summed E-state index contributed by atoms with van der Waals surface area (Å²) in [5.41, 5.74) is 1.32. The molecule has 0 radical (unpaired) electrons. The minimum absolute atomic E-state index is 0.0343. The number of benzene rings is 3. The van der Waals surface area contributed by atoms with Crippen molar-refractivity contribution in [3.05, 3.63) is 75.8 Å². The van der Waals surface area contributed by atoms with E-state index in [4.69, 9.17) is 23.2 Å². The lowest BCUT2D eigenvalue weighted by Crippen LogP contribution is -2.55. The number of hydrogen-bond donors (Lipinski definition) is 1. The van der Waals surface area contributed by atoms with Crippen LogP contribution in [0.15, 0.2) is 54.6 Å². The van der Waals surface area contributed by atoms with E-state index in [1.54, 1.807) is 24.3 Å². The SMILES string of the molecule is CC[C@@H](C(=O)NC(C)(C)C)N(Cc1c(Cl)cccc1Cl)C(=O)CN1C(=O)c2cccc3cccc1c23. The van der Waals surface area contributed by atoms with Crippen molar-refractivity contribution in [1.29, 1.82) is 0 Å². The van der Waals surface area contributed by atoms with Crippen LogP contribution in [-0.4, -0.2) is 40.7 Å². The first-order valence-corrected chi connectivity index (χ1v) is 12.7. The summed E-state index contributed by atoms with van der Waals surface area (Å²) in [5, 5.41) is 5.54. The van der Waals surface area contributed by atoms with Crippen LogP contribution in [0, 0.1) is 0 Å². The highest BCUT2D eigenvalue weighted by atomic mass is 35.5. The van der Waals surface area contributed by atoms with E-state index in [1.165, 1.54) is 9.80 Å². The van der Waals surface area contributed by atoms with Gasteiger partial charge in [0.05, 0.1) is 5.69 Å². The number of anilines is 1. The maximum atomic E-state index is 13.9. The fourth-order valence-corrected chi connectivity index (χ4v) is 5.11. The smallest absolute Gasteiger partial charge is 0.259 e. The first kappa shape index (κ1) is 26.0. The van der Waals surface area contributed by atoms with Gasteiger partial charge in [0, 0.05) is 38.6 Å². The summed E-state index contributed by atoms with van der Waals surface area (Å²) in [6.45, 7) is 7.32. The van der Waals surface area contributed by atoms with Crippen LogP contribution in [0.1, 0.15) is 50.0 Å². The molecule has 0 bridgehead atoms. The van der Waals surface area contributed by atoms with Crippen LogP contribution >= 0.6 is 23.2 Å². The molecule has 0 saturated heterocycles. The van der Waals surface area contributed by atoms with Gasteiger partial charge in [-0.25, -0.2) is 0 Å². The lowest BCUT2D eigenvalue weighted by atomic mass is 10.1. The molecule has 0 aliphatic carbocycles. The number of halogens is 2. The monoisotopic (exact) mass is 525 g/mol. The van der Waals surface area contributed by atoms with E-state index in [0.29, 0.717) is 33.3 Å². The van der Waals surface area contributed by atoms with E-state index in [1.807, 2.05) is 58.0 Å². The lowest BCUT2D eigenvalue weighted by Gasteiger charge is -2.34. The first-order valence-electron chi connectivity index (χ1n) is 11.9. The Balaban J connectivity index is 1.70. The number of nitrogens with zero attached hydrogens (tertiary/aromatic N) is 2. The second-order valence-corrected chi connectivity index (χ2v) is 10.8. The molecule has 4 rings (SSSR count). The van der Waals surface area contributed by atoms with Crippen molar-refractivity contribution in [2.24, 2.45) is 0 Å². The zero-order valence-electron chi connectivity index (χ0n) is 20.8. The lowest BCUT2D eigenvalue weighted by molar-refractivity contribution is -0.141. The van der Waals surface area contributed by atoms with Crippen molar-refractivity contribution >= 4 is 57.4 Å². The summed E-state index contributed by atoms with van der Waals surface area (Å²) in [7, 11) is 0. The second-order valence-electron chi connectivity index (χ2n) is 9.96. The van der Waals surface area contributed by atoms with Crippen LogP contribution in [0.3, 0.4) is 0 Å². The van der Waals surface area contributed by atoms with Crippen molar-refractivity contribution in [2.45, 2.75) is 52.2 Å². The molecular weight excluding hydrogens is 497 g/mol. The molecule has 3 aromatic carbocycles. The molecule has 0 saturated carbocycles. The maximum absolute atomic E-state index is 13.9. The van der Waals surface area contributed by atoms with Crippen LogP contribution in [0.4, 0.5) is 5.69 Å². The molecule has 1 aliphatic heterocycles. The largest absolute Gasteiger partial charge is 0.350 e. The van der Waals surface area contributed by atoms with Gasteiger partial charge in [-0.05, 0) is 56.8 Å². The molecule has 0 spiro atoms. The molecule has 1 heterocycles. The highest BCUT2D eigenvalue weighted by Crippen LogP contribution is 2.37.